The maximum atomic E-state index is 3.64. The quantitative estimate of drug-likeness (QED) is 0.801. The molecular weight excluding hydrogens is 228 g/mol. The lowest BCUT2D eigenvalue weighted by molar-refractivity contribution is 0.0932. The molecule has 98 valence electrons. The predicted octanol–water partition coefficient (Wildman–Crippen LogP) is 3.52. The molecule has 17 heavy (non-hydrogen) atoms. The van der Waals surface area contributed by atoms with Gasteiger partial charge in [-0.2, -0.15) is 0 Å². The third-order valence-corrected chi connectivity index (χ3v) is 4.46. The Kier molecular flexibility index (Phi) is 5.63. The van der Waals surface area contributed by atoms with Gasteiger partial charge in [0.1, 0.15) is 0 Å². The molecule has 1 unspecified atom stereocenters. The summed E-state index contributed by atoms with van der Waals surface area (Å²) in [7, 11) is 0. The summed E-state index contributed by atoms with van der Waals surface area (Å²) in [6.45, 7) is 14.5. The van der Waals surface area contributed by atoms with Gasteiger partial charge in [0.05, 0.1) is 6.04 Å². The van der Waals surface area contributed by atoms with Crippen molar-refractivity contribution in [3.8, 4) is 0 Å². The molecule has 3 heteroatoms. The van der Waals surface area contributed by atoms with E-state index in [9.17, 15) is 0 Å². The van der Waals surface area contributed by atoms with Crippen molar-refractivity contribution in [3.05, 3.63) is 22.4 Å². The van der Waals surface area contributed by atoms with Gasteiger partial charge >= 0.3 is 0 Å². The van der Waals surface area contributed by atoms with E-state index in [0.29, 0.717) is 6.04 Å². The minimum atomic E-state index is 0.143. The molecule has 0 radical (unpaired) electrons. The second-order valence-corrected chi connectivity index (χ2v) is 5.81. The maximum Gasteiger partial charge on any atom is 0.0596 e. The first-order valence-corrected chi connectivity index (χ1v) is 7.47. The van der Waals surface area contributed by atoms with Crippen LogP contribution < -0.4 is 5.32 Å². The summed E-state index contributed by atoms with van der Waals surface area (Å²) in [5.41, 5.74) is 0.143. The highest BCUT2D eigenvalue weighted by molar-refractivity contribution is 7.10. The maximum absolute atomic E-state index is 3.64. The van der Waals surface area contributed by atoms with Gasteiger partial charge in [0, 0.05) is 10.4 Å². The summed E-state index contributed by atoms with van der Waals surface area (Å²) in [5, 5.41) is 5.81. The minimum absolute atomic E-state index is 0.143. The van der Waals surface area contributed by atoms with Gasteiger partial charge in [-0.3, -0.25) is 4.90 Å². The van der Waals surface area contributed by atoms with Crippen molar-refractivity contribution in [2.45, 2.75) is 46.2 Å². The normalized spacial score (nSPS) is 14.2. The molecule has 0 aliphatic rings. The lowest BCUT2D eigenvalue weighted by Gasteiger charge is -2.43. The predicted molar refractivity (Wildman–Crippen MR) is 77.7 cm³/mol. The Bertz CT molecular complexity index is 302. The minimum Gasteiger partial charge on any atom is -0.308 e. The lowest BCUT2D eigenvalue weighted by Crippen LogP contribution is -2.52. The molecule has 1 aromatic rings. The number of hydrogen-bond acceptors (Lipinski definition) is 3. The molecule has 0 saturated heterocycles. The summed E-state index contributed by atoms with van der Waals surface area (Å²) in [6.07, 6.45) is 0. The fourth-order valence-electron chi connectivity index (χ4n) is 2.58. The largest absolute Gasteiger partial charge is 0.308 e. The van der Waals surface area contributed by atoms with Crippen LogP contribution in [0, 0.1) is 0 Å². The number of nitrogens with one attached hydrogen (secondary N) is 1. The molecular formula is C14H26N2S. The Morgan fingerprint density at radius 3 is 2.35 bits per heavy atom. The van der Waals surface area contributed by atoms with Crippen LogP contribution in [0.15, 0.2) is 17.5 Å². The van der Waals surface area contributed by atoms with Gasteiger partial charge in [0.15, 0.2) is 0 Å². The second kappa shape index (κ2) is 6.53. The Balaban J connectivity index is 2.96. The Labute approximate surface area is 110 Å². The third-order valence-electron chi connectivity index (χ3n) is 3.52. The Hall–Kier alpha value is -0.380. The van der Waals surface area contributed by atoms with E-state index in [2.05, 4.69) is 62.3 Å². The first kappa shape index (κ1) is 14.7. The molecule has 0 amide bonds. The first-order chi connectivity index (χ1) is 8.07. The van der Waals surface area contributed by atoms with Crippen LogP contribution >= 0.6 is 11.3 Å². The van der Waals surface area contributed by atoms with E-state index in [1.165, 1.54) is 4.88 Å². The summed E-state index contributed by atoms with van der Waals surface area (Å²) in [6, 6.07) is 4.79. The lowest BCUT2D eigenvalue weighted by atomic mass is 9.90. The molecule has 1 heterocycles. The van der Waals surface area contributed by atoms with Gasteiger partial charge in [-0.25, -0.2) is 0 Å². The highest BCUT2D eigenvalue weighted by atomic mass is 32.1. The average Bonchev–Trinajstić information content (AvgIpc) is 2.80. The molecule has 0 saturated carbocycles. The fraction of sp³-hybridized carbons (Fsp3) is 0.714. The van der Waals surface area contributed by atoms with Gasteiger partial charge in [-0.15, -0.1) is 11.3 Å². The number of nitrogens with zero attached hydrogens (tertiary/aromatic N) is 1. The zero-order chi connectivity index (χ0) is 12.9. The van der Waals surface area contributed by atoms with Gasteiger partial charge in [0.25, 0.3) is 0 Å². The van der Waals surface area contributed by atoms with Crippen LogP contribution in [0.5, 0.6) is 0 Å². The third kappa shape index (κ3) is 3.30. The Morgan fingerprint density at radius 2 is 1.94 bits per heavy atom. The Morgan fingerprint density at radius 1 is 1.29 bits per heavy atom. The van der Waals surface area contributed by atoms with Crippen LogP contribution in [0.1, 0.15) is 45.5 Å². The zero-order valence-electron chi connectivity index (χ0n) is 11.8. The highest BCUT2D eigenvalue weighted by Crippen LogP contribution is 2.33. The van der Waals surface area contributed by atoms with Crippen LogP contribution in [0.3, 0.4) is 0 Å². The van der Waals surface area contributed by atoms with E-state index in [-0.39, 0.29) is 5.54 Å². The molecule has 0 spiro atoms. The molecule has 0 fully saturated rings. The van der Waals surface area contributed by atoms with Gasteiger partial charge in [-0.05, 0) is 44.9 Å². The van der Waals surface area contributed by atoms with Crippen LogP contribution in [0.25, 0.3) is 0 Å². The SMILES string of the molecule is CCNC(c1cccs1)C(C)(C)N(CC)CC. The van der Waals surface area contributed by atoms with E-state index < -0.39 is 0 Å². The monoisotopic (exact) mass is 254 g/mol. The van der Waals surface area contributed by atoms with Crippen LogP contribution in [0.2, 0.25) is 0 Å². The van der Waals surface area contributed by atoms with E-state index in [0.717, 1.165) is 19.6 Å². The van der Waals surface area contributed by atoms with Gasteiger partial charge < -0.3 is 5.32 Å². The molecule has 1 rings (SSSR count). The molecule has 0 aromatic carbocycles. The summed E-state index contributed by atoms with van der Waals surface area (Å²) < 4.78 is 0. The van der Waals surface area contributed by atoms with Crippen molar-refractivity contribution >= 4 is 11.3 Å². The van der Waals surface area contributed by atoms with Gasteiger partial charge in [-0.1, -0.05) is 26.8 Å². The first-order valence-electron chi connectivity index (χ1n) is 6.59. The fourth-order valence-corrected chi connectivity index (χ4v) is 3.56. The molecule has 2 nitrogen and oxygen atoms in total. The second-order valence-electron chi connectivity index (χ2n) is 4.83. The van der Waals surface area contributed by atoms with Crippen molar-refractivity contribution in [2.24, 2.45) is 0 Å². The smallest absolute Gasteiger partial charge is 0.0596 e. The number of rotatable bonds is 7. The molecule has 1 N–H and O–H groups in total. The van der Waals surface area contributed by atoms with E-state index in [1.54, 1.807) is 0 Å². The summed E-state index contributed by atoms with van der Waals surface area (Å²) >= 11 is 1.85. The van der Waals surface area contributed by atoms with Crippen LogP contribution in [-0.4, -0.2) is 30.1 Å². The number of thiophene rings is 1. The molecule has 0 aliphatic carbocycles. The van der Waals surface area contributed by atoms with Crippen molar-refractivity contribution < 1.29 is 0 Å². The summed E-state index contributed by atoms with van der Waals surface area (Å²) in [5.74, 6) is 0. The van der Waals surface area contributed by atoms with E-state index in [1.807, 2.05) is 11.3 Å². The molecule has 0 aliphatic heterocycles. The van der Waals surface area contributed by atoms with Crippen molar-refractivity contribution in [2.75, 3.05) is 19.6 Å². The molecule has 1 atom stereocenters. The van der Waals surface area contributed by atoms with Crippen molar-refractivity contribution in [1.82, 2.24) is 10.2 Å². The van der Waals surface area contributed by atoms with E-state index >= 15 is 0 Å². The highest BCUT2D eigenvalue weighted by Gasteiger charge is 2.34. The number of likely N-dealkylation sites (N-methyl/N-ethyl adjacent to an activating group) is 2. The molecule has 0 bridgehead atoms. The standard InChI is InChI=1S/C14H26N2S/c1-6-15-13(12-10-9-11-17-12)14(4,5)16(7-2)8-3/h9-11,13,15H,6-8H2,1-5H3. The number of hydrogen-bond donors (Lipinski definition) is 1. The van der Waals surface area contributed by atoms with Gasteiger partial charge in [0.2, 0.25) is 0 Å². The topological polar surface area (TPSA) is 15.3 Å². The van der Waals surface area contributed by atoms with Crippen molar-refractivity contribution in [1.29, 1.82) is 0 Å². The van der Waals surface area contributed by atoms with Crippen LogP contribution in [-0.2, 0) is 0 Å². The van der Waals surface area contributed by atoms with Crippen LogP contribution in [0.4, 0.5) is 0 Å². The summed E-state index contributed by atoms with van der Waals surface area (Å²) in [4.78, 5) is 3.96. The van der Waals surface area contributed by atoms with E-state index in [4.69, 9.17) is 0 Å². The zero-order valence-corrected chi connectivity index (χ0v) is 12.6. The van der Waals surface area contributed by atoms with Crippen molar-refractivity contribution in [3.63, 3.8) is 0 Å². The molecule has 1 aromatic heterocycles. The average molecular weight is 254 g/mol.